The van der Waals surface area contributed by atoms with Crippen LogP contribution in [0.4, 0.5) is 0 Å². The molecule has 3 aromatic carbocycles. The zero-order chi connectivity index (χ0) is 23.4. The minimum atomic E-state index is -0.302. The van der Waals surface area contributed by atoms with E-state index in [4.69, 9.17) is 4.74 Å². The summed E-state index contributed by atoms with van der Waals surface area (Å²) in [6.45, 7) is 6.13. The van der Waals surface area contributed by atoms with E-state index >= 15 is 0 Å². The van der Waals surface area contributed by atoms with Crippen molar-refractivity contribution in [3.05, 3.63) is 89.5 Å². The van der Waals surface area contributed by atoms with Gasteiger partial charge in [-0.05, 0) is 41.7 Å². The number of nitrogens with zero attached hydrogens (tertiary/aromatic N) is 2. The van der Waals surface area contributed by atoms with Crippen molar-refractivity contribution in [2.45, 2.75) is 26.7 Å². The maximum absolute atomic E-state index is 12.4. The van der Waals surface area contributed by atoms with Crippen LogP contribution in [0.25, 0.3) is 22.2 Å². The Morgan fingerprint density at radius 3 is 2.55 bits per heavy atom. The number of rotatable bonds is 7. The van der Waals surface area contributed by atoms with Gasteiger partial charge in [-0.25, -0.2) is 5.43 Å². The molecule has 4 aromatic rings. The quantitative estimate of drug-likeness (QED) is 0.292. The molecule has 1 aromatic heterocycles. The van der Waals surface area contributed by atoms with Crippen LogP contribution in [0.1, 0.15) is 36.5 Å². The smallest absolute Gasteiger partial charge is 0.277 e. The van der Waals surface area contributed by atoms with Crippen LogP contribution >= 0.6 is 0 Å². The first kappa shape index (κ1) is 22.3. The van der Waals surface area contributed by atoms with Gasteiger partial charge in [0.1, 0.15) is 5.75 Å². The number of benzene rings is 3. The van der Waals surface area contributed by atoms with Crippen LogP contribution in [-0.2, 0) is 11.8 Å². The predicted molar refractivity (Wildman–Crippen MR) is 135 cm³/mol. The molecule has 0 aliphatic carbocycles. The van der Waals surface area contributed by atoms with Gasteiger partial charge in [-0.2, -0.15) is 5.10 Å². The third-order valence-electron chi connectivity index (χ3n) is 5.73. The maximum atomic E-state index is 12.4. The third-order valence-corrected chi connectivity index (χ3v) is 5.73. The lowest BCUT2D eigenvalue weighted by Crippen LogP contribution is -2.25. The Morgan fingerprint density at radius 2 is 1.79 bits per heavy atom. The fraction of sp³-hybridized carbons (Fsp3) is 0.214. The molecule has 1 heterocycles. The van der Waals surface area contributed by atoms with Crippen LogP contribution in [0.2, 0.25) is 0 Å². The first-order valence-electron chi connectivity index (χ1n) is 11.1. The summed E-state index contributed by atoms with van der Waals surface area (Å²) in [4.78, 5) is 12.4. The highest BCUT2D eigenvalue weighted by Crippen LogP contribution is 2.32. The molecule has 0 radical (unpaired) electrons. The van der Waals surface area contributed by atoms with Crippen LogP contribution in [0.3, 0.4) is 0 Å². The Labute approximate surface area is 194 Å². The molecule has 5 heteroatoms. The molecular weight excluding hydrogens is 410 g/mol. The van der Waals surface area contributed by atoms with Gasteiger partial charge in [0.05, 0.1) is 11.9 Å². The van der Waals surface area contributed by atoms with Crippen LogP contribution in [0.15, 0.2) is 77.9 Å². The number of ether oxygens (including phenoxy) is 1. The second-order valence-electron chi connectivity index (χ2n) is 8.48. The third kappa shape index (κ3) is 4.82. The van der Waals surface area contributed by atoms with Crippen LogP contribution in [-0.4, -0.2) is 23.3 Å². The summed E-state index contributed by atoms with van der Waals surface area (Å²) in [5, 5.41) is 5.34. The van der Waals surface area contributed by atoms with Crippen LogP contribution in [0.5, 0.6) is 5.75 Å². The monoisotopic (exact) mass is 439 g/mol. The predicted octanol–water partition coefficient (Wildman–Crippen LogP) is 5.81. The Hall–Kier alpha value is -3.86. The largest absolute Gasteiger partial charge is 0.483 e. The first-order chi connectivity index (χ1) is 16.0. The number of aromatic nitrogens is 1. The molecule has 0 aliphatic rings. The van der Waals surface area contributed by atoms with E-state index in [-0.39, 0.29) is 12.5 Å². The second kappa shape index (κ2) is 9.74. The highest BCUT2D eigenvalue weighted by atomic mass is 16.5. The lowest BCUT2D eigenvalue weighted by Gasteiger charge is -2.14. The molecule has 0 fully saturated rings. The van der Waals surface area contributed by atoms with Gasteiger partial charge < -0.3 is 9.30 Å². The highest BCUT2D eigenvalue weighted by Gasteiger charge is 2.15. The zero-order valence-corrected chi connectivity index (χ0v) is 19.5. The summed E-state index contributed by atoms with van der Waals surface area (Å²) in [5.74, 6) is 0.748. The molecule has 33 heavy (non-hydrogen) atoms. The molecule has 0 saturated carbocycles. The number of para-hydroxylation sites is 1. The number of hydrogen-bond donors (Lipinski definition) is 1. The van der Waals surface area contributed by atoms with Crippen molar-refractivity contribution in [3.63, 3.8) is 0 Å². The molecule has 0 bridgehead atoms. The zero-order valence-electron chi connectivity index (χ0n) is 19.5. The minimum absolute atomic E-state index is 0.0956. The first-order valence-corrected chi connectivity index (χ1v) is 11.1. The molecule has 4 rings (SSSR count). The molecule has 0 saturated heterocycles. The van der Waals surface area contributed by atoms with E-state index in [1.807, 2.05) is 50.4 Å². The molecular formula is C28H29N3O2. The van der Waals surface area contributed by atoms with E-state index in [1.54, 1.807) is 6.21 Å². The van der Waals surface area contributed by atoms with Crippen molar-refractivity contribution in [3.8, 4) is 17.0 Å². The van der Waals surface area contributed by atoms with E-state index in [0.717, 1.165) is 44.6 Å². The fourth-order valence-corrected chi connectivity index (χ4v) is 4.09. The fourth-order valence-electron chi connectivity index (χ4n) is 4.09. The van der Waals surface area contributed by atoms with Crippen molar-refractivity contribution in [2.75, 3.05) is 6.61 Å². The molecule has 0 spiro atoms. The molecule has 0 atom stereocenters. The van der Waals surface area contributed by atoms with Crippen LogP contribution < -0.4 is 10.2 Å². The average Bonchev–Trinajstić information content (AvgIpc) is 3.10. The number of fused-ring (bicyclic) bond motifs is 1. The number of aryl methyl sites for hydroxylation is 2. The van der Waals surface area contributed by atoms with Crippen molar-refractivity contribution < 1.29 is 9.53 Å². The summed E-state index contributed by atoms with van der Waals surface area (Å²) in [7, 11) is 2.04. The minimum Gasteiger partial charge on any atom is -0.483 e. The Balaban J connectivity index is 1.53. The summed E-state index contributed by atoms with van der Waals surface area (Å²) in [6.07, 6.45) is 1.72. The van der Waals surface area contributed by atoms with E-state index in [2.05, 4.69) is 65.3 Å². The van der Waals surface area contributed by atoms with Gasteiger partial charge in [-0.3, -0.25) is 4.79 Å². The highest BCUT2D eigenvalue weighted by molar-refractivity contribution is 6.06. The van der Waals surface area contributed by atoms with Gasteiger partial charge in [-0.15, -0.1) is 0 Å². The molecule has 5 nitrogen and oxygen atoms in total. The molecule has 1 amide bonds. The van der Waals surface area contributed by atoms with Crippen molar-refractivity contribution in [2.24, 2.45) is 12.1 Å². The van der Waals surface area contributed by atoms with Gasteiger partial charge in [0.15, 0.2) is 6.61 Å². The summed E-state index contributed by atoms with van der Waals surface area (Å²) in [5.41, 5.74) is 9.00. The number of hydrogen-bond acceptors (Lipinski definition) is 3. The maximum Gasteiger partial charge on any atom is 0.277 e. The Kier molecular flexibility index (Phi) is 6.59. The molecule has 0 aliphatic heterocycles. The number of amides is 1. The van der Waals surface area contributed by atoms with Gasteiger partial charge in [0, 0.05) is 23.5 Å². The van der Waals surface area contributed by atoms with E-state index in [9.17, 15) is 4.79 Å². The van der Waals surface area contributed by atoms with E-state index < -0.39 is 0 Å². The Bertz CT molecular complexity index is 1300. The molecule has 0 unspecified atom stereocenters. The SMILES string of the molecule is Cc1ccc(C(C)C)c(OCC(=O)NN=Cc2c(-c3ccccc3)n(C)c3ccccc23)c1. The van der Waals surface area contributed by atoms with Crippen LogP contribution in [0, 0.1) is 6.92 Å². The van der Waals surface area contributed by atoms with Gasteiger partial charge in [0.25, 0.3) is 5.91 Å². The Morgan fingerprint density at radius 1 is 1.06 bits per heavy atom. The van der Waals surface area contributed by atoms with Gasteiger partial charge in [-0.1, -0.05) is 74.5 Å². The van der Waals surface area contributed by atoms with E-state index in [0.29, 0.717) is 5.92 Å². The summed E-state index contributed by atoms with van der Waals surface area (Å²) in [6, 6.07) is 24.4. The number of nitrogens with one attached hydrogen (secondary N) is 1. The second-order valence-corrected chi connectivity index (χ2v) is 8.48. The van der Waals surface area contributed by atoms with Gasteiger partial charge >= 0.3 is 0 Å². The topological polar surface area (TPSA) is 55.6 Å². The summed E-state index contributed by atoms with van der Waals surface area (Å²) < 4.78 is 7.98. The number of carbonyl (C=O) groups excluding carboxylic acids is 1. The number of carbonyl (C=O) groups is 1. The van der Waals surface area contributed by atoms with Gasteiger partial charge in [0.2, 0.25) is 0 Å². The summed E-state index contributed by atoms with van der Waals surface area (Å²) >= 11 is 0. The van der Waals surface area contributed by atoms with Crippen molar-refractivity contribution in [1.29, 1.82) is 0 Å². The lowest BCUT2D eigenvalue weighted by atomic mass is 10.0. The molecule has 168 valence electrons. The van der Waals surface area contributed by atoms with Crippen molar-refractivity contribution >= 4 is 23.0 Å². The molecule has 1 N–H and O–H groups in total. The standard InChI is InChI=1S/C28H29N3O2/c1-19(2)22-15-14-20(3)16-26(22)33-18-27(32)30-29-17-24-23-12-8-9-13-25(23)31(4)28(24)21-10-6-5-7-11-21/h5-17,19H,18H2,1-4H3,(H,30,32). The number of hydrazone groups is 1. The normalized spacial score (nSPS) is 11.4. The lowest BCUT2D eigenvalue weighted by molar-refractivity contribution is -0.123. The van der Waals surface area contributed by atoms with Crippen molar-refractivity contribution in [1.82, 2.24) is 9.99 Å². The van der Waals surface area contributed by atoms with E-state index in [1.165, 1.54) is 0 Å². The average molecular weight is 440 g/mol.